The lowest BCUT2D eigenvalue weighted by molar-refractivity contribution is 0.152. The van der Waals surface area contributed by atoms with Crippen LogP contribution in [-0.4, -0.2) is 23.4 Å². The van der Waals surface area contributed by atoms with Crippen LogP contribution >= 0.6 is 0 Å². The van der Waals surface area contributed by atoms with E-state index in [0.717, 1.165) is 12.8 Å². The molecule has 0 saturated carbocycles. The van der Waals surface area contributed by atoms with Gasteiger partial charge in [-0.2, -0.15) is 0 Å². The molecule has 0 bridgehead atoms. The zero-order chi connectivity index (χ0) is 6.85. The summed E-state index contributed by atoms with van der Waals surface area (Å²) in [4.78, 5) is 0. The topological polar surface area (TPSA) is 32.8 Å². The Hall–Kier alpha value is -0.0800. The number of epoxide rings is 1. The maximum absolute atomic E-state index is 8.96. The Morgan fingerprint density at radius 2 is 2.33 bits per heavy atom. The van der Waals surface area contributed by atoms with E-state index in [9.17, 15) is 0 Å². The average Bonchev–Trinajstić information content (AvgIpc) is 2.47. The molecule has 1 N–H and O–H groups in total. The lowest BCUT2D eigenvalue weighted by Gasteiger charge is -1.94. The van der Waals surface area contributed by atoms with Gasteiger partial charge in [-0.1, -0.05) is 13.3 Å². The number of hydrogen-bond donors (Lipinski definition) is 1. The van der Waals surface area contributed by atoms with Gasteiger partial charge >= 0.3 is 0 Å². The molecular formula is C7H14O2. The summed E-state index contributed by atoms with van der Waals surface area (Å²) in [6.45, 7) is 3.90. The van der Waals surface area contributed by atoms with E-state index in [2.05, 4.69) is 6.92 Å². The second-order valence-electron chi connectivity index (χ2n) is 2.67. The molecule has 2 nitrogen and oxygen atoms in total. The van der Waals surface area contributed by atoms with Crippen LogP contribution in [0.4, 0.5) is 0 Å². The van der Waals surface area contributed by atoms with Crippen LogP contribution in [0.25, 0.3) is 0 Å². The molecule has 3 atom stereocenters. The highest BCUT2D eigenvalue weighted by atomic mass is 16.6. The van der Waals surface area contributed by atoms with Crippen LogP contribution in [-0.2, 0) is 4.74 Å². The maximum atomic E-state index is 8.96. The van der Waals surface area contributed by atoms with Gasteiger partial charge in [0.1, 0.15) is 6.10 Å². The molecule has 0 aromatic heterocycles. The average molecular weight is 130 g/mol. The van der Waals surface area contributed by atoms with E-state index < -0.39 is 0 Å². The SMILES string of the molecule is CCC[C@H]1O[C@H]1[C@H](C)O. The van der Waals surface area contributed by atoms with E-state index in [4.69, 9.17) is 9.84 Å². The number of aliphatic hydroxyl groups is 1. The van der Waals surface area contributed by atoms with Crippen LogP contribution in [0.2, 0.25) is 0 Å². The first-order valence-electron chi connectivity index (χ1n) is 3.59. The van der Waals surface area contributed by atoms with E-state index in [1.54, 1.807) is 6.92 Å². The molecule has 0 aromatic carbocycles. The van der Waals surface area contributed by atoms with Crippen molar-refractivity contribution in [1.82, 2.24) is 0 Å². The fraction of sp³-hybridized carbons (Fsp3) is 1.00. The monoisotopic (exact) mass is 130 g/mol. The summed E-state index contributed by atoms with van der Waals surface area (Å²) in [7, 11) is 0. The molecule has 0 aromatic rings. The molecule has 0 amide bonds. The van der Waals surface area contributed by atoms with Gasteiger partial charge in [0.15, 0.2) is 0 Å². The maximum Gasteiger partial charge on any atom is 0.110 e. The normalized spacial score (nSPS) is 36.3. The largest absolute Gasteiger partial charge is 0.391 e. The molecule has 1 saturated heterocycles. The highest BCUT2D eigenvalue weighted by molar-refractivity contribution is 4.87. The number of ether oxygens (including phenoxy) is 1. The summed E-state index contributed by atoms with van der Waals surface area (Å²) in [6.07, 6.45) is 2.46. The summed E-state index contributed by atoms with van der Waals surface area (Å²) in [6, 6.07) is 0. The third-order valence-corrected chi connectivity index (χ3v) is 1.67. The molecule has 1 aliphatic rings. The molecule has 1 rings (SSSR count). The van der Waals surface area contributed by atoms with Crippen molar-refractivity contribution in [3.8, 4) is 0 Å². The standard InChI is InChI=1S/C7H14O2/c1-3-4-6-7(9-6)5(2)8/h5-8H,3-4H2,1-2H3/t5-,6+,7-/m0/s1. The Kier molecular flexibility index (Phi) is 2.09. The summed E-state index contributed by atoms with van der Waals surface area (Å²) in [5.41, 5.74) is 0. The fourth-order valence-electron chi connectivity index (χ4n) is 1.10. The first kappa shape index (κ1) is 7.03. The molecule has 9 heavy (non-hydrogen) atoms. The van der Waals surface area contributed by atoms with Gasteiger partial charge < -0.3 is 9.84 Å². The number of rotatable bonds is 3. The van der Waals surface area contributed by atoms with Gasteiger partial charge in [0.05, 0.1) is 12.2 Å². The van der Waals surface area contributed by atoms with Gasteiger partial charge in [0, 0.05) is 0 Å². The predicted octanol–water partition coefficient (Wildman–Crippen LogP) is 0.935. The van der Waals surface area contributed by atoms with Gasteiger partial charge in [-0.25, -0.2) is 0 Å². The minimum atomic E-state index is -0.276. The van der Waals surface area contributed by atoms with Crippen LogP contribution in [0.3, 0.4) is 0 Å². The molecule has 1 fully saturated rings. The summed E-state index contributed by atoms with van der Waals surface area (Å²) in [5.74, 6) is 0. The van der Waals surface area contributed by atoms with Crippen LogP contribution in [0.5, 0.6) is 0 Å². The zero-order valence-corrected chi connectivity index (χ0v) is 6.00. The Balaban J connectivity index is 2.09. The van der Waals surface area contributed by atoms with Crippen LogP contribution < -0.4 is 0 Å². The van der Waals surface area contributed by atoms with E-state index >= 15 is 0 Å². The number of aliphatic hydroxyl groups excluding tert-OH is 1. The molecule has 1 heterocycles. The third kappa shape index (κ3) is 1.66. The van der Waals surface area contributed by atoms with Crippen molar-refractivity contribution in [2.45, 2.75) is 45.0 Å². The highest BCUT2D eigenvalue weighted by Crippen LogP contribution is 2.28. The Morgan fingerprint density at radius 1 is 1.67 bits per heavy atom. The second-order valence-corrected chi connectivity index (χ2v) is 2.67. The van der Waals surface area contributed by atoms with Crippen molar-refractivity contribution in [1.29, 1.82) is 0 Å². The van der Waals surface area contributed by atoms with Crippen molar-refractivity contribution in [2.24, 2.45) is 0 Å². The van der Waals surface area contributed by atoms with Gasteiger partial charge in [0.2, 0.25) is 0 Å². The highest BCUT2D eigenvalue weighted by Gasteiger charge is 2.41. The lowest BCUT2D eigenvalue weighted by Crippen LogP contribution is -2.11. The van der Waals surface area contributed by atoms with Crippen molar-refractivity contribution < 1.29 is 9.84 Å². The molecule has 0 radical (unpaired) electrons. The first-order chi connectivity index (χ1) is 4.25. The van der Waals surface area contributed by atoms with E-state index in [0.29, 0.717) is 6.10 Å². The van der Waals surface area contributed by atoms with Crippen LogP contribution in [0.15, 0.2) is 0 Å². The molecule has 54 valence electrons. The fourth-order valence-corrected chi connectivity index (χ4v) is 1.10. The summed E-state index contributed by atoms with van der Waals surface area (Å²) < 4.78 is 5.17. The van der Waals surface area contributed by atoms with Gasteiger partial charge in [-0.05, 0) is 13.3 Å². The summed E-state index contributed by atoms with van der Waals surface area (Å²) in [5, 5.41) is 8.96. The van der Waals surface area contributed by atoms with Gasteiger partial charge in [-0.3, -0.25) is 0 Å². The van der Waals surface area contributed by atoms with Crippen molar-refractivity contribution in [3.05, 3.63) is 0 Å². The quantitative estimate of drug-likeness (QED) is 0.576. The third-order valence-electron chi connectivity index (χ3n) is 1.67. The second kappa shape index (κ2) is 2.67. The molecule has 0 aliphatic carbocycles. The number of hydrogen-bond acceptors (Lipinski definition) is 2. The zero-order valence-electron chi connectivity index (χ0n) is 6.00. The van der Waals surface area contributed by atoms with Gasteiger partial charge in [-0.15, -0.1) is 0 Å². The van der Waals surface area contributed by atoms with E-state index in [1.165, 1.54) is 0 Å². The van der Waals surface area contributed by atoms with Crippen molar-refractivity contribution in [3.63, 3.8) is 0 Å². The molecule has 1 aliphatic heterocycles. The first-order valence-corrected chi connectivity index (χ1v) is 3.59. The lowest BCUT2D eigenvalue weighted by atomic mass is 10.1. The minimum Gasteiger partial charge on any atom is -0.391 e. The van der Waals surface area contributed by atoms with E-state index in [-0.39, 0.29) is 12.2 Å². The van der Waals surface area contributed by atoms with Crippen molar-refractivity contribution >= 4 is 0 Å². The Bertz CT molecular complexity index is 90.9. The predicted molar refractivity (Wildman–Crippen MR) is 35.2 cm³/mol. The molecular weight excluding hydrogens is 116 g/mol. The van der Waals surface area contributed by atoms with Crippen LogP contribution in [0, 0.1) is 0 Å². The molecule has 0 spiro atoms. The summed E-state index contributed by atoms with van der Waals surface area (Å²) >= 11 is 0. The molecule has 2 heteroatoms. The Morgan fingerprint density at radius 3 is 2.67 bits per heavy atom. The van der Waals surface area contributed by atoms with Gasteiger partial charge in [0.25, 0.3) is 0 Å². The minimum absolute atomic E-state index is 0.143. The molecule has 0 unspecified atom stereocenters. The van der Waals surface area contributed by atoms with Crippen LogP contribution in [0.1, 0.15) is 26.7 Å². The smallest absolute Gasteiger partial charge is 0.110 e. The Labute approximate surface area is 55.8 Å². The van der Waals surface area contributed by atoms with Crippen molar-refractivity contribution in [2.75, 3.05) is 0 Å². The van der Waals surface area contributed by atoms with E-state index in [1.807, 2.05) is 0 Å².